The molecule has 0 heterocycles. The second kappa shape index (κ2) is 5.03. The van der Waals surface area contributed by atoms with Crippen LogP contribution in [0.3, 0.4) is 0 Å². The third-order valence-electron chi connectivity index (χ3n) is 3.83. The van der Waals surface area contributed by atoms with E-state index in [1.165, 1.54) is 18.6 Å². The van der Waals surface area contributed by atoms with Crippen molar-refractivity contribution in [1.29, 1.82) is 0 Å². The lowest BCUT2D eigenvalue weighted by Crippen LogP contribution is -2.28. The van der Waals surface area contributed by atoms with E-state index >= 15 is 0 Å². The largest absolute Gasteiger partial charge is 0.478 e. The van der Waals surface area contributed by atoms with E-state index in [1.54, 1.807) is 12.1 Å². The first-order valence-corrected chi connectivity index (χ1v) is 6.47. The summed E-state index contributed by atoms with van der Waals surface area (Å²) in [6.45, 7) is 5.14. The van der Waals surface area contributed by atoms with Gasteiger partial charge >= 0.3 is 5.97 Å². The predicted octanol–water partition coefficient (Wildman–Crippen LogP) is 2.09. The zero-order valence-electron chi connectivity index (χ0n) is 11.3. The van der Waals surface area contributed by atoms with E-state index in [0.717, 1.165) is 12.1 Å². The van der Waals surface area contributed by atoms with Crippen molar-refractivity contribution in [3.8, 4) is 0 Å². The zero-order chi connectivity index (χ0) is 14.0. The van der Waals surface area contributed by atoms with Crippen molar-refractivity contribution in [2.24, 2.45) is 11.3 Å². The Morgan fingerprint density at radius 2 is 1.89 bits per heavy atom. The molecule has 102 valence electrons. The van der Waals surface area contributed by atoms with Gasteiger partial charge in [-0.25, -0.2) is 4.79 Å². The van der Waals surface area contributed by atoms with Gasteiger partial charge in [-0.05, 0) is 35.4 Å². The minimum absolute atomic E-state index is 0.00854. The monoisotopic (exact) mass is 261 g/mol. The molecule has 0 unspecified atom stereocenters. The summed E-state index contributed by atoms with van der Waals surface area (Å²) in [5.74, 6) is -0.372. The van der Waals surface area contributed by atoms with E-state index in [4.69, 9.17) is 5.11 Å². The van der Waals surface area contributed by atoms with Crippen LogP contribution >= 0.6 is 0 Å². The zero-order valence-corrected chi connectivity index (χ0v) is 11.3. The molecule has 1 aliphatic carbocycles. The lowest BCUT2D eigenvalue weighted by molar-refractivity contribution is -0.120. The number of hydrogen-bond acceptors (Lipinski definition) is 2. The summed E-state index contributed by atoms with van der Waals surface area (Å²) < 4.78 is 0. The van der Waals surface area contributed by atoms with Gasteiger partial charge in [0.1, 0.15) is 0 Å². The molecule has 1 aliphatic rings. The molecule has 1 saturated carbocycles. The number of nitrogens with one attached hydrogen (secondary N) is 1. The van der Waals surface area contributed by atoms with Crippen molar-refractivity contribution in [2.75, 3.05) is 6.54 Å². The smallest absolute Gasteiger partial charge is 0.335 e. The molecular formula is C15H19NO3. The number of carboxylic acid groups (broad SMARTS) is 1. The van der Waals surface area contributed by atoms with Crippen LogP contribution in [0, 0.1) is 11.3 Å². The van der Waals surface area contributed by atoms with Crippen LogP contribution in [0.25, 0.3) is 0 Å². The maximum atomic E-state index is 11.7. The van der Waals surface area contributed by atoms with Crippen LogP contribution in [0.4, 0.5) is 0 Å². The molecule has 0 aliphatic heterocycles. The number of carbonyl (C=O) groups is 2. The fourth-order valence-corrected chi connectivity index (χ4v) is 2.17. The Morgan fingerprint density at radius 3 is 2.37 bits per heavy atom. The molecule has 0 spiro atoms. The van der Waals surface area contributed by atoms with Crippen LogP contribution in [0.15, 0.2) is 24.3 Å². The summed E-state index contributed by atoms with van der Waals surface area (Å²) in [4.78, 5) is 22.4. The molecule has 1 atom stereocenters. The van der Waals surface area contributed by atoms with E-state index in [0.29, 0.717) is 17.8 Å². The molecule has 0 aromatic heterocycles. The molecule has 4 nitrogen and oxygen atoms in total. The Bertz CT molecular complexity index is 491. The van der Waals surface area contributed by atoms with Crippen LogP contribution in [-0.4, -0.2) is 23.5 Å². The third kappa shape index (κ3) is 3.56. The number of hydrogen-bond donors (Lipinski definition) is 2. The van der Waals surface area contributed by atoms with Gasteiger partial charge in [0.2, 0.25) is 5.91 Å². The van der Waals surface area contributed by atoms with Gasteiger partial charge in [-0.3, -0.25) is 4.79 Å². The maximum absolute atomic E-state index is 11.7. The number of carboxylic acids is 1. The van der Waals surface area contributed by atoms with E-state index in [9.17, 15) is 9.59 Å². The molecule has 1 aromatic rings. The Morgan fingerprint density at radius 1 is 1.32 bits per heavy atom. The molecule has 2 rings (SSSR count). The molecule has 1 fully saturated rings. The van der Waals surface area contributed by atoms with Crippen molar-refractivity contribution < 1.29 is 14.7 Å². The Labute approximate surface area is 112 Å². The van der Waals surface area contributed by atoms with Gasteiger partial charge in [0.25, 0.3) is 0 Å². The molecule has 4 heteroatoms. The summed E-state index contributed by atoms with van der Waals surface area (Å²) >= 11 is 0. The van der Waals surface area contributed by atoms with Crippen molar-refractivity contribution in [3.05, 3.63) is 35.4 Å². The molecular weight excluding hydrogens is 242 g/mol. The van der Waals surface area contributed by atoms with Crippen LogP contribution < -0.4 is 5.32 Å². The number of rotatable bonds is 5. The maximum Gasteiger partial charge on any atom is 0.335 e. The van der Waals surface area contributed by atoms with Crippen LogP contribution in [0.2, 0.25) is 0 Å². The topological polar surface area (TPSA) is 66.4 Å². The molecule has 1 amide bonds. The third-order valence-corrected chi connectivity index (χ3v) is 3.83. The molecule has 1 aromatic carbocycles. The highest BCUT2D eigenvalue weighted by Crippen LogP contribution is 2.50. The summed E-state index contributed by atoms with van der Waals surface area (Å²) in [5, 5.41) is 11.7. The summed E-state index contributed by atoms with van der Waals surface area (Å²) in [6.07, 6.45) is 1.47. The first kappa shape index (κ1) is 13.6. The number of carbonyl (C=O) groups excluding carboxylic acids is 1. The molecule has 0 radical (unpaired) electrons. The lowest BCUT2D eigenvalue weighted by atomic mass is 10.1. The predicted molar refractivity (Wildman–Crippen MR) is 72.0 cm³/mol. The number of aromatic carboxylic acids is 1. The van der Waals surface area contributed by atoms with Crippen molar-refractivity contribution in [3.63, 3.8) is 0 Å². The normalized spacial score (nSPS) is 19.8. The van der Waals surface area contributed by atoms with Crippen LogP contribution in [-0.2, 0) is 11.2 Å². The molecule has 2 N–H and O–H groups in total. The second-order valence-corrected chi connectivity index (χ2v) is 5.87. The Kier molecular flexibility index (Phi) is 3.60. The average molecular weight is 261 g/mol. The van der Waals surface area contributed by atoms with Gasteiger partial charge in [-0.1, -0.05) is 26.0 Å². The van der Waals surface area contributed by atoms with Gasteiger partial charge in [-0.15, -0.1) is 0 Å². The first-order chi connectivity index (χ1) is 8.88. The lowest BCUT2D eigenvalue weighted by Gasteiger charge is -2.07. The van der Waals surface area contributed by atoms with Crippen molar-refractivity contribution >= 4 is 11.9 Å². The van der Waals surface area contributed by atoms with E-state index in [1.807, 2.05) is 0 Å². The highest BCUT2D eigenvalue weighted by molar-refractivity contribution is 5.87. The highest BCUT2D eigenvalue weighted by atomic mass is 16.4. The number of benzene rings is 1. The fourth-order valence-electron chi connectivity index (χ4n) is 2.17. The number of amides is 1. The minimum atomic E-state index is -0.952. The van der Waals surface area contributed by atoms with Crippen LogP contribution in [0.1, 0.15) is 36.2 Å². The molecule has 0 bridgehead atoms. The Balaban J connectivity index is 1.80. The summed E-state index contributed by atoms with van der Waals surface area (Å²) in [7, 11) is 0. The minimum Gasteiger partial charge on any atom is -0.478 e. The SMILES string of the molecule is CC1(C)C[C@@H]1CNC(=O)Cc1ccc(C(=O)O)cc1. The Hall–Kier alpha value is -1.84. The summed E-state index contributed by atoms with van der Waals surface area (Å²) in [6, 6.07) is 6.41. The molecule has 0 saturated heterocycles. The van der Waals surface area contributed by atoms with E-state index < -0.39 is 5.97 Å². The highest BCUT2D eigenvalue weighted by Gasteiger charge is 2.45. The van der Waals surface area contributed by atoms with Gasteiger partial charge in [0, 0.05) is 6.54 Å². The van der Waals surface area contributed by atoms with Gasteiger partial charge in [-0.2, -0.15) is 0 Å². The fraction of sp³-hybridized carbons (Fsp3) is 0.467. The van der Waals surface area contributed by atoms with E-state index in [-0.39, 0.29) is 11.5 Å². The van der Waals surface area contributed by atoms with Crippen molar-refractivity contribution in [2.45, 2.75) is 26.7 Å². The van der Waals surface area contributed by atoms with Gasteiger partial charge < -0.3 is 10.4 Å². The average Bonchev–Trinajstić information content (AvgIpc) is 2.95. The molecule has 19 heavy (non-hydrogen) atoms. The van der Waals surface area contributed by atoms with Crippen LogP contribution in [0.5, 0.6) is 0 Å². The quantitative estimate of drug-likeness (QED) is 0.853. The second-order valence-electron chi connectivity index (χ2n) is 5.87. The summed E-state index contributed by atoms with van der Waals surface area (Å²) in [5.41, 5.74) is 1.44. The van der Waals surface area contributed by atoms with Crippen molar-refractivity contribution in [1.82, 2.24) is 5.32 Å². The standard InChI is InChI=1S/C15H19NO3/c1-15(2)8-12(15)9-16-13(17)7-10-3-5-11(6-4-10)14(18)19/h3-6,12H,7-9H2,1-2H3,(H,16,17)(H,18,19)/t12-/m1/s1. The van der Waals surface area contributed by atoms with E-state index in [2.05, 4.69) is 19.2 Å². The van der Waals surface area contributed by atoms with Gasteiger partial charge in [0.05, 0.1) is 12.0 Å². The van der Waals surface area contributed by atoms with Gasteiger partial charge in [0.15, 0.2) is 0 Å². The first-order valence-electron chi connectivity index (χ1n) is 6.47.